The molecule has 0 saturated heterocycles. The van der Waals surface area contributed by atoms with Crippen LogP contribution in [0.5, 0.6) is 5.75 Å². The van der Waals surface area contributed by atoms with Gasteiger partial charge in [0, 0.05) is 0 Å². The molecule has 1 aromatic carbocycles. The van der Waals surface area contributed by atoms with E-state index in [4.69, 9.17) is 17.3 Å². The second-order valence-corrected chi connectivity index (χ2v) is 4.98. The Morgan fingerprint density at radius 1 is 1.38 bits per heavy atom. The fourth-order valence-corrected chi connectivity index (χ4v) is 2.17. The number of rotatable bonds is 4. The third-order valence-corrected chi connectivity index (χ3v) is 3.46. The Bertz CT molecular complexity index is 340. The predicted molar refractivity (Wildman–Crippen MR) is 69.1 cm³/mol. The number of aryl methyl sites for hydroxylation is 1. The standard InChI is InChI=1S/C13H20ClNO/c1-8(2)11(4-5-15)10-6-9(3)13(14)12(16)7-10/h6-8,11,16H,4-5,15H2,1-3H3. The Morgan fingerprint density at radius 2 is 2.00 bits per heavy atom. The summed E-state index contributed by atoms with van der Waals surface area (Å²) in [6.07, 6.45) is 0.929. The van der Waals surface area contributed by atoms with Gasteiger partial charge in [-0.2, -0.15) is 0 Å². The summed E-state index contributed by atoms with van der Waals surface area (Å²) in [7, 11) is 0. The quantitative estimate of drug-likeness (QED) is 0.848. The molecule has 0 saturated carbocycles. The molecule has 3 heteroatoms. The molecule has 3 N–H and O–H groups in total. The summed E-state index contributed by atoms with van der Waals surface area (Å²) in [6, 6.07) is 3.80. The van der Waals surface area contributed by atoms with E-state index in [1.807, 2.05) is 13.0 Å². The van der Waals surface area contributed by atoms with E-state index in [1.54, 1.807) is 6.07 Å². The van der Waals surface area contributed by atoms with Crippen LogP contribution < -0.4 is 5.73 Å². The van der Waals surface area contributed by atoms with Gasteiger partial charge >= 0.3 is 0 Å². The Balaban J connectivity index is 3.10. The first-order chi connectivity index (χ1) is 7.47. The van der Waals surface area contributed by atoms with Crippen LogP contribution in [0.2, 0.25) is 5.02 Å². The lowest BCUT2D eigenvalue weighted by atomic mass is 9.85. The number of phenols is 1. The van der Waals surface area contributed by atoms with Gasteiger partial charge in [-0.3, -0.25) is 0 Å². The van der Waals surface area contributed by atoms with E-state index in [0.717, 1.165) is 17.5 Å². The van der Waals surface area contributed by atoms with E-state index in [-0.39, 0.29) is 5.75 Å². The van der Waals surface area contributed by atoms with Crippen LogP contribution in [0.4, 0.5) is 0 Å². The summed E-state index contributed by atoms with van der Waals surface area (Å²) in [6.45, 7) is 6.90. The molecule has 0 aliphatic carbocycles. The first-order valence-corrected chi connectivity index (χ1v) is 6.04. The number of nitrogens with two attached hydrogens (primary N) is 1. The molecule has 1 rings (SSSR count). The van der Waals surface area contributed by atoms with Crippen LogP contribution >= 0.6 is 11.6 Å². The molecule has 2 nitrogen and oxygen atoms in total. The number of hydrogen-bond acceptors (Lipinski definition) is 2. The van der Waals surface area contributed by atoms with Crippen molar-refractivity contribution >= 4 is 11.6 Å². The highest BCUT2D eigenvalue weighted by Gasteiger charge is 2.17. The summed E-state index contributed by atoms with van der Waals surface area (Å²) in [4.78, 5) is 0. The monoisotopic (exact) mass is 241 g/mol. The normalized spacial score (nSPS) is 13.1. The van der Waals surface area contributed by atoms with Crippen LogP contribution in [-0.2, 0) is 0 Å². The van der Waals surface area contributed by atoms with E-state index in [0.29, 0.717) is 23.4 Å². The third-order valence-electron chi connectivity index (χ3n) is 2.97. The number of hydrogen-bond donors (Lipinski definition) is 2. The number of phenolic OH excluding ortho intramolecular Hbond substituents is 1. The number of halogens is 1. The fraction of sp³-hybridized carbons (Fsp3) is 0.538. The summed E-state index contributed by atoms with van der Waals surface area (Å²) >= 11 is 5.94. The molecule has 1 aromatic rings. The molecular formula is C13H20ClNO. The third kappa shape index (κ3) is 2.89. The minimum absolute atomic E-state index is 0.166. The minimum Gasteiger partial charge on any atom is -0.506 e. The second kappa shape index (κ2) is 5.55. The maximum absolute atomic E-state index is 9.72. The number of benzene rings is 1. The van der Waals surface area contributed by atoms with Crippen molar-refractivity contribution in [2.45, 2.75) is 33.1 Å². The summed E-state index contributed by atoms with van der Waals surface area (Å²) in [5.41, 5.74) is 7.66. The molecular weight excluding hydrogens is 222 g/mol. The van der Waals surface area contributed by atoms with E-state index >= 15 is 0 Å². The summed E-state index contributed by atoms with van der Waals surface area (Å²) in [5.74, 6) is 1.05. The van der Waals surface area contributed by atoms with Crippen molar-refractivity contribution < 1.29 is 5.11 Å². The SMILES string of the molecule is Cc1cc(C(CCN)C(C)C)cc(O)c1Cl. The average molecular weight is 242 g/mol. The summed E-state index contributed by atoms with van der Waals surface area (Å²) < 4.78 is 0. The highest BCUT2D eigenvalue weighted by Crippen LogP contribution is 2.35. The molecule has 1 unspecified atom stereocenters. The Kier molecular flexibility index (Phi) is 4.63. The van der Waals surface area contributed by atoms with E-state index in [2.05, 4.69) is 13.8 Å². The van der Waals surface area contributed by atoms with Gasteiger partial charge in [-0.25, -0.2) is 0 Å². The van der Waals surface area contributed by atoms with Gasteiger partial charge < -0.3 is 10.8 Å². The molecule has 90 valence electrons. The van der Waals surface area contributed by atoms with Crippen molar-refractivity contribution in [3.63, 3.8) is 0 Å². The van der Waals surface area contributed by atoms with Gasteiger partial charge in [0.2, 0.25) is 0 Å². The molecule has 0 bridgehead atoms. The maximum atomic E-state index is 9.72. The molecule has 0 fully saturated rings. The molecule has 0 radical (unpaired) electrons. The lowest BCUT2D eigenvalue weighted by Crippen LogP contribution is -2.12. The smallest absolute Gasteiger partial charge is 0.134 e. The molecule has 0 aliphatic heterocycles. The lowest BCUT2D eigenvalue weighted by molar-refractivity contribution is 0.457. The molecule has 0 heterocycles. The zero-order valence-corrected chi connectivity index (χ0v) is 10.9. The molecule has 0 aliphatic rings. The fourth-order valence-electron chi connectivity index (χ4n) is 2.06. The van der Waals surface area contributed by atoms with Gasteiger partial charge in [0.05, 0.1) is 5.02 Å². The lowest BCUT2D eigenvalue weighted by Gasteiger charge is -2.21. The molecule has 0 amide bonds. The van der Waals surface area contributed by atoms with Crippen molar-refractivity contribution in [1.29, 1.82) is 0 Å². The van der Waals surface area contributed by atoms with Gasteiger partial charge in [-0.05, 0) is 48.9 Å². The van der Waals surface area contributed by atoms with Crippen molar-refractivity contribution in [2.24, 2.45) is 11.7 Å². The first-order valence-electron chi connectivity index (χ1n) is 5.66. The molecule has 1 atom stereocenters. The maximum Gasteiger partial charge on any atom is 0.134 e. The second-order valence-electron chi connectivity index (χ2n) is 4.60. The van der Waals surface area contributed by atoms with Gasteiger partial charge in [0.1, 0.15) is 5.75 Å². The van der Waals surface area contributed by atoms with Crippen molar-refractivity contribution in [3.05, 3.63) is 28.3 Å². The largest absolute Gasteiger partial charge is 0.506 e. The zero-order chi connectivity index (χ0) is 12.3. The summed E-state index contributed by atoms with van der Waals surface area (Å²) in [5, 5.41) is 10.2. The first kappa shape index (κ1) is 13.3. The van der Waals surface area contributed by atoms with Crippen LogP contribution in [0, 0.1) is 12.8 Å². The van der Waals surface area contributed by atoms with Gasteiger partial charge in [0.25, 0.3) is 0 Å². The van der Waals surface area contributed by atoms with E-state index < -0.39 is 0 Å². The molecule has 0 spiro atoms. The highest BCUT2D eigenvalue weighted by atomic mass is 35.5. The Labute approximate surface area is 102 Å². The zero-order valence-electron chi connectivity index (χ0n) is 10.1. The Hall–Kier alpha value is -0.730. The average Bonchev–Trinajstić information content (AvgIpc) is 2.21. The van der Waals surface area contributed by atoms with Crippen LogP contribution in [0.1, 0.15) is 37.3 Å². The predicted octanol–water partition coefficient (Wildman–Crippen LogP) is 3.44. The van der Waals surface area contributed by atoms with Gasteiger partial charge in [-0.1, -0.05) is 31.5 Å². The topological polar surface area (TPSA) is 46.2 Å². The van der Waals surface area contributed by atoms with Gasteiger partial charge in [0.15, 0.2) is 0 Å². The van der Waals surface area contributed by atoms with Crippen molar-refractivity contribution in [1.82, 2.24) is 0 Å². The van der Waals surface area contributed by atoms with Crippen molar-refractivity contribution in [3.8, 4) is 5.75 Å². The highest BCUT2D eigenvalue weighted by molar-refractivity contribution is 6.32. The minimum atomic E-state index is 0.166. The van der Waals surface area contributed by atoms with Crippen LogP contribution in [0.15, 0.2) is 12.1 Å². The number of aromatic hydroxyl groups is 1. The molecule has 0 aromatic heterocycles. The van der Waals surface area contributed by atoms with Crippen molar-refractivity contribution in [2.75, 3.05) is 6.54 Å². The molecule has 16 heavy (non-hydrogen) atoms. The Morgan fingerprint density at radius 3 is 2.44 bits per heavy atom. The van der Waals surface area contributed by atoms with E-state index in [1.165, 1.54) is 0 Å². The van der Waals surface area contributed by atoms with Crippen LogP contribution in [0.3, 0.4) is 0 Å². The van der Waals surface area contributed by atoms with Crippen LogP contribution in [0.25, 0.3) is 0 Å². The van der Waals surface area contributed by atoms with E-state index in [9.17, 15) is 5.11 Å². The van der Waals surface area contributed by atoms with Crippen LogP contribution in [-0.4, -0.2) is 11.7 Å². The van der Waals surface area contributed by atoms with Gasteiger partial charge in [-0.15, -0.1) is 0 Å².